The van der Waals surface area contributed by atoms with Crippen LogP contribution in [0.25, 0.3) is 0 Å². The van der Waals surface area contributed by atoms with Gasteiger partial charge in [-0.15, -0.1) is 0 Å². The monoisotopic (exact) mass is 237 g/mol. The molecule has 1 amide bonds. The summed E-state index contributed by atoms with van der Waals surface area (Å²) in [4.78, 5) is 23.1. The van der Waals surface area contributed by atoms with Crippen LogP contribution >= 0.6 is 0 Å². The Hall–Kier alpha value is -1.30. The number of carboxylic acids is 1. The van der Waals surface area contributed by atoms with Crippen molar-refractivity contribution in [2.24, 2.45) is 0 Å². The maximum absolute atomic E-state index is 12.1. The number of β-amino-alcohol motifs (C(OH)–C–C–N with tert-alkyl or cyclic N) is 1. The Morgan fingerprint density at radius 1 is 1.56 bits per heavy atom. The Morgan fingerprint density at radius 2 is 2.12 bits per heavy atom. The second kappa shape index (κ2) is 4.29. The van der Waals surface area contributed by atoms with Crippen molar-refractivity contribution >= 4 is 12.1 Å². The van der Waals surface area contributed by atoms with Gasteiger partial charge >= 0.3 is 12.1 Å². The Balaban J connectivity index is 3.58. The van der Waals surface area contributed by atoms with Gasteiger partial charge < -0.3 is 14.9 Å². The van der Waals surface area contributed by atoms with Crippen molar-refractivity contribution in [2.45, 2.75) is 44.8 Å². The Labute approximate surface area is 102 Å². The van der Waals surface area contributed by atoms with E-state index in [1.54, 1.807) is 0 Å². The highest BCUT2D eigenvalue weighted by Gasteiger charge is 2.40. The zero-order chi connectivity index (χ0) is 17.9. The zero-order valence-electron chi connectivity index (χ0n) is 15.1. The molecule has 1 aliphatic heterocycles. The van der Waals surface area contributed by atoms with Crippen molar-refractivity contribution < 1.29 is 32.8 Å². The third-order valence-corrected chi connectivity index (χ3v) is 1.46. The van der Waals surface area contributed by atoms with Crippen LogP contribution in [-0.4, -0.2) is 51.4 Å². The Kier molecular flexibility index (Phi) is 1.73. The lowest BCUT2D eigenvalue weighted by Gasteiger charge is -2.26. The lowest BCUT2D eigenvalue weighted by atomic mass is 10.2. The van der Waals surface area contributed by atoms with E-state index in [0.29, 0.717) is 0 Å². The standard InChI is InChI=1S/C10H17NO5/c1-10(2,3)16-9(15)11-5-6(12)4-7(11)8(13)14/h6-7,12H,4-5H2,1-3H3,(H,13,14)/i4D2,5D2,6D,7D. The highest BCUT2D eigenvalue weighted by atomic mass is 16.6. The van der Waals surface area contributed by atoms with Crippen molar-refractivity contribution in [2.75, 3.05) is 6.50 Å². The minimum absolute atomic E-state index is 0.388. The molecule has 1 saturated heterocycles. The normalized spacial score (nSPS) is 46.6. The van der Waals surface area contributed by atoms with E-state index in [2.05, 4.69) is 0 Å². The lowest BCUT2D eigenvalue weighted by Crippen LogP contribution is -2.43. The van der Waals surface area contributed by atoms with Gasteiger partial charge in [0.25, 0.3) is 0 Å². The summed E-state index contributed by atoms with van der Waals surface area (Å²) in [5.74, 6) is -2.24. The number of ether oxygens (including phenoxy) is 1. The van der Waals surface area contributed by atoms with Gasteiger partial charge in [0.05, 0.1) is 18.1 Å². The first-order valence-corrected chi connectivity index (χ1v) is 4.43. The second-order valence-corrected chi connectivity index (χ2v) is 4.05. The van der Waals surface area contributed by atoms with Gasteiger partial charge in [0, 0.05) is 9.11 Å². The molecule has 1 fully saturated rings. The molecule has 2 N–H and O–H groups in total. The molecular weight excluding hydrogens is 214 g/mol. The Bertz CT molecular complexity index is 516. The van der Waals surface area contributed by atoms with Crippen LogP contribution in [0, 0.1) is 0 Å². The number of hydrogen-bond donors (Lipinski definition) is 2. The summed E-state index contributed by atoms with van der Waals surface area (Å²) < 4.78 is 50.4. The number of aliphatic carboxylic acids is 1. The maximum atomic E-state index is 12.1. The number of carbonyl (C=O) groups excluding carboxylic acids is 1. The van der Waals surface area contributed by atoms with Crippen LogP contribution in [0.4, 0.5) is 4.79 Å². The minimum Gasteiger partial charge on any atom is -0.480 e. The summed E-state index contributed by atoms with van der Waals surface area (Å²) in [6, 6.07) is -3.59. The van der Waals surface area contributed by atoms with Crippen LogP contribution in [0.1, 0.15) is 35.4 Å². The third-order valence-electron chi connectivity index (χ3n) is 1.46. The zero-order valence-corrected chi connectivity index (χ0v) is 9.07. The minimum atomic E-state index is -3.70. The predicted octanol–water partition coefficient (Wildman–Crippen LogP) is 0.441. The molecule has 0 aromatic carbocycles. The van der Waals surface area contributed by atoms with Crippen molar-refractivity contribution in [3.63, 3.8) is 0 Å². The summed E-state index contributed by atoms with van der Waals surface area (Å²) in [7, 11) is 0. The highest BCUT2D eigenvalue weighted by molar-refractivity contribution is 5.81. The van der Waals surface area contributed by atoms with Gasteiger partial charge in [-0.2, -0.15) is 0 Å². The number of hydrogen-bond acceptors (Lipinski definition) is 4. The van der Waals surface area contributed by atoms with E-state index in [0.717, 1.165) is 0 Å². The summed E-state index contributed by atoms with van der Waals surface area (Å²) in [5, 5.41) is 19.0. The van der Waals surface area contributed by atoms with Crippen molar-refractivity contribution in [1.82, 2.24) is 4.90 Å². The van der Waals surface area contributed by atoms with Gasteiger partial charge in [-0.25, -0.2) is 9.59 Å². The highest BCUT2D eigenvalue weighted by Crippen LogP contribution is 2.21. The fourth-order valence-corrected chi connectivity index (χ4v) is 0.951. The summed E-state index contributed by atoms with van der Waals surface area (Å²) in [5.41, 5.74) is -1.19. The molecule has 0 saturated carbocycles. The molecule has 16 heavy (non-hydrogen) atoms. The topological polar surface area (TPSA) is 87.1 Å². The van der Waals surface area contributed by atoms with Gasteiger partial charge in [0.1, 0.15) is 11.6 Å². The van der Waals surface area contributed by atoms with Crippen molar-refractivity contribution in [3.05, 3.63) is 0 Å². The molecule has 0 aromatic rings. The van der Waals surface area contributed by atoms with E-state index in [1.165, 1.54) is 20.8 Å². The van der Waals surface area contributed by atoms with Gasteiger partial charge in [0.2, 0.25) is 0 Å². The van der Waals surface area contributed by atoms with Crippen molar-refractivity contribution in [3.8, 4) is 0 Å². The molecule has 0 radical (unpaired) electrons. The van der Waals surface area contributed by atoms with E-state index < -0.39 is 42.6 Å². The fraction of sp³-hybridized carbons (Fsp3) is 0.800. The quantitative estimate of drug-likeness (QED) is 0.691. The fourth-order valence-electron chi connectivity index (χ4n) is 0.951. The molecular formula is C10H17NO5. The molecule has 0 bridgehead atoms. The van der Waals surface area contributed by atoms with Crippen LogP contribution in [0.2, 0.25) is 0 Å². The first kappa shape index (κ1) is 6.44. The number of likely N-dealkylation sites (tertiary alicyclic amines) is 1. The lowest BCUT2D eigenvalue weighted by molar-refractivity contribution is -0.142. The number of nitrogens with zero attached hydrogens (tertiary/aromatic N) is 1. The van der Waals surface area contributed by atoms with Gasteiger partial charge in [-0.1, -0.05) is 0 Å². The van der Waals surface area contributed by atoms with Gasteiger partial charge in [0.15, 0.2) is 0 Å². The number of rotatable bonds is 1. The van der Waals surface area contributed by atoms with E-state index in [4.69, 9.17) is 18.1 Å². The van der Waals surface area contributed by atoms with E-state index >= 15 is 0 Å². The van der Waals surface area contributed by atoms with Crippen LogP contribution in [-0.2, 0) is 9.53 Å². The second-order valence-electron chi connectivity index (χ2n) is 4.05. The maximum Gasteiger partial charge on any atom is 0.411 e. The predicted molar refractivity (Wildman–Crippen MR) is 55.0 cm³/mol. The van der Waals surface area contributed by atoms with E-state index in [1.807, 2.05) is 0 Å². The summed E-state index contributed by atoms with van der Waals surface area (Å²) in [6.07, 6.45) is -8.99. The molecule has 6 heteroatoms. The molecule has 0 aromatic heterocycles. The van der Waals surface area contributed by atoms with E-state index in [-0.39, 0.29) is 4.90 Å². The molecule has 1 aliphatic rings. The first-order valence-electron chi connectivity index (χ1n) is 7.43. The Morgan fingerprint density at radius 3 is 2.56 bits per heavy atom. The number of carboxylic acid groups (broad SMARTS) is 1. The van der Waals surface area contributed by atoms with Crippen LogP contribution < -0.4 is 0 Å². The molecule has 2 atom stereocenters. The van der Waals surface area contributed by atoms with Crippen LogP contribution in [0.15, 0.2) is 0 Å². The van der Waals surface area contributed by atoms with E-state index in [9.17, 15) is 14.7 Å². The molecule has 1 heterocycles. The van der Waals surface area contributed by atoms with Gasteiger partial charge in [-0.05, 0) is 20.8 Å². The average Bonchev–Trinajstić information content (AvgIpc) is 2.31. The smallest absolute Gasteiger partial charge is 0.411 e. The molecule has 6 nitrogen and oxygen atoms in total. The van der Waals surface area contributed by atoms with Crippen LogP contribution in [0.5, 0.6) is 0 Å². The molecule has 1 rings (SSSR count). The number of aliphatic hydroxyl groups is 1. The average molecular weight is 237 g/mol. The van der Waals surface area contributed by atoms with Gasteiger partial charge in [-0.3, -0.25) is 4.90 Å². The van der Waals surface area contributed by atoms with Crippen molar-refractivity contribution in [1.29, 1.82) is 0 Å². The molecule has 0 spiro atoms. The third kappa shape index (κ3) is 3.10. The number of carbonyl (C=O) groups is 2. The SMILES string of the molecule is [2H]C1([2H])N(C(=O)OC(C)(C)C)C([2H])(C(=O)O)C([2H])([2H])C1([2H])O. The number of amides is 1. The molecule has 0 aliphatic carbocycles. The van der Waals surface area contributed by atoms with Crippen LogP contribution in [0.3, 0.4) is 0 Å². The first-order chi connectivity index (χ1) is 9.44. The molecule has 2 unspecified atom stereocenters. The molecule has 92 valence electrons. The summed E-state index contributed by atoms with van der Waals surface area (Å²) in [6.45, 7) is 0.665. The summed E-state index contributed by atoms with van der Waals surface area (Å²) >= 11 is 0. The largest absolute Gasteiger partial charge is 0.480 e.